The van der Waals surface area contributed by atoms with Crippen LogP contribution in [0.5, 0.6) is 0 Å². The van der Waals surface area contributed by atoms with Gasteiger partial charge in [-0.05, 0) is 18.8 Å². The largest absolute Gasteiger partial charge is 0.356 e. The summed E-state index contributed by atoms with van der Waals surface area (Å²) in [5.41, 5.74) is 0.277. The molecule has 10 heavy (non-hydrogen) atoms. The van der Waals surface area contributed by atoms with Gasteiger partial charge in [0.1, 0.15) is 0 Å². The minimum Gasteiger partial charge on any atom is -0.356 e. The molecule has 1 amide bonds. The normalized spacial score (nSPS) is 27.7. The number of amides is 1. The number of hydrogen-bond donors (Lipinski definition) is 1. The van der Waals surface area contributed by atoms with Gasteiger partial charge in [0.05, 0.1) is 0 Å². The molecule has 1 N–H and O–H groups in total. The molecule has 1 rings (SSSR count). The summed E-state index contributed by atoms with van der Waals surface area (Å²) in [7, 11) is 0. The van der Waals surface area contributed by atoms with Crippen LogP contribution in [0.25, 0.3) is 0 Å². The molecule has 0 radical (unpaired) electrons. The van der Waals surface area contributed by atoms with Gasteiger partial charge >= 0.3 is 0 Å². The van der Waals surface area contributed by atoms with Crippen molar-refractivity contribution in [3.05, 3.63) is 0 Å². The average molecular weight is 141 g/mol. The lowest BCUT2D eigenvalue weighted by Gasteiger charge is -2.02. The maximum atomic E-state index is 11.1. The summed E-state index contributed by atoms with van der Waals surface area (Å²) in [6.45, 7) is 6.97. The Bertz CT molecular complexity index is 151. The third kappa shape index (κ3) is 1.31. The zero-order valence-electron chi connectivity index (χ0n) is 6.90. The Morgan fingerprint density at radius 1 is 1.70 bits per heavy atom. The summed E-state index contributed by atoms with van der Waals surface area (Å²) in [6, 6.07) is 0. The van der Waals surface area contributed by atoms with E-state index in [1.807, 2.05) is 6.92 Å². The van der Waals surface area contributed by atoms with Crippen molar-refractivity contribution in [1.29, 1.82) is 0 Å². The molecule has 0 saturated heterocycles. The van der Waals surface area contributed by atoms with E-state index in [9.17, 15) is 4.79 Å². The van der Waals surface area contributed by atoms with E-state index in [0.717, 1.165) is 13.0 Å². The lowest BCUT2D eigenvalue weighted by Crippen LogP contribution is -2.25. The fourth-order valence-electron chi connectivity index (χ4n) is 1.21. The SMILES string of the molecule is CCNC(=O)[C@H]1CC1(C)C. The van der Waals surface area contributed by atoms with Crippen LogP contribution in [-0.2, 0) is 4.79 Å². The Kier molecular flexibility index (Phi) is 1.71. The number of hydrogen-bond acceptors (Lipinski definition) is 1. The molecule has 0 bridgehead atoms. The van der Waals surface area contributed by atoms with E-state index in [1.165, 1.54) is 0 Å². The van der Waals surface area contributed by atoms with Crippen LogP contribution in [0.2, 0.25) is 0 Å². The fraction of sp³-hybridized carbons (Fsp3) is 0.875. The first-order chi connectivity index (χ1) is 4.58. The van der Waals surface area contributed by atoms with E-state index < -0.39 is 0 Å². The maximum Gasteiger partial charge on any atom is 0.223 e. The molecule has 0 spiro atoms. The zero-order valence-corrected chi connectivity index (χ0v) is 6.90. The average Bonchev–Trinajstić information content (AvgIpc) is 2.41. The third-order valence-corrected chi connectivity index (χ3v) is 2.18. The molecule has 2 heteroatoms. The summed E-state index contributed by atoms with van der Waals surface area (Å²) in [6.07, 6.45) is 1.05. The zero-order chi connectivity index (χ0) is 7.78. The van der Waals surface area contributed by atoms with Crippen LogP contribution in [0.15, 0.2) is 0 Å². The van der Waals surface area contributed by atoms with E-state index in [0.29, 0.717) is 0 Å². The van der Waals surface area contributed by atoms with Gasteiger partial charge in [-0.3, -0.25) is 4.79 Å². The van der Waals surface area contributed by atoms with Crippen molar-refractivity contribution in [1.82, 2.24) is 5.32 Å². The van der Waals surface area contributed by atoms with E-state index in [-0.39, 0.29) is 17.2 Å². The highest BCUT2D eigenvalue weighted by Crippen LogP contribution is 2.51. The Labute approximate surface area is 62.0 Å². The molecule has 58 valence electrons. The molecule has 0 heterocycles. The summed E-state index contributed by atoms with van der Waals surface area (Å²) in [5, 5.41) is 2.82. The van der Waals surface area contributed by atoms with Crippen molar-refractivity contribution >= 4 is 5.91 Å². The van der Waals surface area contributed by atoms with E-state index in [4.69, 9.17) is 0 Å². The molecule has 1 fully saturated rings. The Morgan fingerprint density at radius 3 is 2.50 bits per heavy atom. The van der Waals surface area contributed by atoms with Gasteiger partial charge in [0, 0.05) is 12.5 Å². The number of rotatable bonds is 2. The molecule has 0 aliphatic heterocycles. The van der Waals surface area contributed by atoms with Crippen LogP contribution >= 0.6 is 0 Å². The second-order valence-electron chi connectivity index (χ2n) is 3.64. The molecule has 2 nitrogen and oxygen atoms in total. The standard InChI is InChI=1S/C8H15NO/c1-4-9-7(10)6-5-8(6,2)3/h6H,4-5H2,1-3H3,(H,9,10)/t6-/m1/s1. The van der Waals surface area contributed by atoms with Crippen LogP contribution in [0.4, 0.5) is 0 Å². The van der Waals surface area contributed by atoms with Crippen LogP contribution in [0, 0.1) is 11.3 Å². The first-order valence-corrected chi connectivity index (χ1v) is 3.85. The summed E-state index contributed by atoms with van der Waals surface area (Å²) >= 11 is 0. The van der Waals surface area contributed by atoms with Gasteiger partial charge in [-0.1, -0.05) is 13.8 Å². The van der Waals surface area contributed by atoms with Crippen LogP contribution in [0.1, 0.15) is 27.2 Å². The van der Waals surface area contributed by atoms with Gasteiger partial charge in [0.2, 0.25) is 5.91 Å². The van der Waals surface area contributed by atoms with E-state index in [1.54, 1.807) is 0 Å². The Balaban J connectivity index is 2.33. The van der Waals surface area contributed by atoms with Gasteiger partial charge < -0.3 is 5.32 Å². The lowest BCUT2D eigenvalue weighted by atomic mass is 10.1. The molecular formula is C8H15NO. The summed E-state index contributed by atoms with van der Waals surface area (Å²) in [5.74, 6) is 0.514. The fourth-order valence-corrected chi connectivity index (χ4v) is 1.21. The van der Waals surface area contributed by atoms with E-state index in [2.05, 4.69) is 19.2 Å². The highest BCUT2D eigenvalue weighted by atomic mass is 16.2. The van der Waals surface area contributed by atoms with Crippen molar-refractivity contribution < 1.29 is 4.79 Å². The van der Waals surface area contributed by atoms with Crippen molar-refractivity contribution in [3.63, 3.8) is 0 Å². The van der Waals surface area contributed by atoms with E-state index >= 15 is 0 Å². The van der Waals surface area contributed by atoms with Gasteiger partial charge in [0.15, 0.2) is 0 Å². The summed E-state index contributed by atoms with van der Waals surface area (Å²) in [4.78, 5) is 11.1. The second-order valence-corrected chi connectivity index (χ2v) is 3.64. The first-order valence-electron chi connectivity index (χ1n) is 3.85. The predicted octanol–water partition coefficient (Wildman–Crippen LogP) is 1.17. The molecule has 1 aliphatic carbocycles. The van der Waals surface area contributed by atoms with Crippen LogP contribution < -0.4 is 5.32 Å². The summed E-state index contributed by atoms with van der Waals surface area (Å²) < 4.78 is 0. The molecule has 1 atom stereocenters. The van der Waals surface area contributed by atoms with Gasteiger partial charge in [-0.25, -0.2) is 0 Å². The molecule has 0 aromatic heterocycles. The minimum absolute atomic E-state index is 0.229. The minimum atomic E-state index is 0.229. The number of carbonyl (C=O) groups excluding carboxylic acids is 1. The smallest absolute Gasteiger partial charge is 0.223 e. The molecule has 0 unspecified atom stereocenters. The van der Waals surface area contributed by atoms with Crippen LogP contribution in [0.3, 0.4) is 0 Å². The Hall–Kier alpha value is -0.530. The van der Waals surface area contributed by atoms with Crippen molar-refractivity contribution in [2.75, 3.05) is 6.54 Å². The highest BCUT2D eigenvalue weighted by Gasteiger charge is 2.50. The number of nitrogens with one attached hydrogen (secondary N) is 1. The van der Waals surface area contributed by atoms with Crippen molar-refractivity contribution in [2.24, 2.45) is 11.3 Å². The number of carbonyl (C=O) groups is 1. The molecule has 0 aromatic carbocycles. The molecule has 1 aliphatic rings. The predicted molar refractivity (Wildman–Crippen MR) is 40.6 cm³/mol. The Morgan fingerprint density at radius 2 is 2.20 bits per heavy atom. The van der Waals surface area contributed by atoms with Gasteiger partial charge in [-0.15, -0.1) is 0 Å². The first kappa shape index (κ1) is 7.58. The van der Waals surface area contributed by atoms with Crippen molar-refractivity contribution in [3.8, 4) is 0 Å². The highest BCUT2D eigenvalue weighted by molar-refractivity contribution is 5.82. The maximum absolute atomic E-state index is 11.1. The van der Waals surface area contributed by atoms with Crippen LogP contribution in [-0.4, -0.2) is 12.5 Å². The third-order valence-electron chi connectivity index (χ3n) is 2.18. The quantitative estimate of drug-likeness (QED) is 0.614. The second kappa shape index (κ2) is 2.26. The molecular weight excluding hydrogens is 126 g/mol. The monoisotopic (exact) mass is 141 g/mol. The molecule has 1 saturated carbocycles. The molecule has 0 aromatic rings. The topological polar surface area (TPSA) is 29.1 Å². The van der Waals surface area contributed by atoms with Gasteiger partial charge in [0.25, 0.3) is 0 Å². The van der Waals surface area contributed by atoms with Crippen molar-refractivity contribution in [2.45, 2.75) is 27.2 Å². The van der Waals surface area contributed by atoms with Gasteiger partial charge in [-0.2, -0.15) is 0 Å². The lowest BCUT2D eigenvalue weighted by molar-refractivity contribution is -0.122.